The topological polar surface area (TPSA) is 68.8 Å². The van der Waals surface area contributed by atoms with Gasteiger partial charge in [-0.15, -0.1) is 0 Å². The molecule has 0 spiro atoms. The van der Waals surface area contributed by atoms with E-state index in [1.165, 1.54) is 0 Å². The number of halogens is 1. The van der Waals surface area contributed by atoms with Gasteiger partial charge in [-0.3, -0.25) is 10.1 Å². The molecule has 0 saturated heterocycles. The van der Waals surface area contributed by atoms with Gasteiger partial charge in [0.05, 0.1) is 19.8 Å². The smallest absolute Gasteiger partial charge is 0.257 e. The molecule has 29 heavy (non-hydrogen) atoms. The second-order valence-corrected chi connectivity index (χ2v) is 6.79. The van der Waals surface area contributed by atoms with E-state index in [-0.39, 0.29) is 5.11 Å². The van der Waals surface area contributed by atoms with Crippen molar-refractivity contribution >= 4 is 40.5 Å². The van der Waals surface area contributed by atoms with Crippen LogP contribution in [0.2, 0.25) is 5.02 Å². The Labute approximate surface area is 181 Å². The molecule has 2 N–H and O–H groups in total. The molecular formula is C21H25ClN2O4S. The van der Waals surface area contributed by atoms with Crippen LogP contribution in [0.25, 0.3) is 0 Å². The highest BCUT2D eigenvalue weighted by Crippen LogP contribution is 2.39. The lowest BCUT2D eigenvalue weighted by molar-refractivity contribution is 0.0976. The van der Waals surface area contributed by atoms with Crippen molar-refractivity contribution in [2.45, 2.75) is 27.7 Å². The molecule has 2 aromatic rings. The number of nitrogens with one attached hydrogen (secondary N) is 2. The van der Waals surface area contributed by atoms with Crippen LogP contribution in [0.1, 0.15) is 36.7 Å². The molecule has 156 valence electrons. The van der Waals surface area contributed by atoms with Gasteiger partial charge in [0.25, 0.3) is 5.91 Å². The number of thiocarbonyl (C=S) groups is 1. The first-order chi connectivity index (χ1) is 13.9. The van der Waals surface area contributed by atoms with Crippen LogP contribution in [0.3, 0.4) is 0 Å². The third-order valence-electron chi connectivity index (χ3n) is 3.83. The van der Waals surface area contributed by atoms with Gasteiger partial charge in [-0.05, 0) is 69.7 Å². The van der Waals surface area contributed by atoms with Crippen LogP contribution in [-0.4, -0.2) is 30.8 Å². The number of benzene rings is 2. The molecule has 0 bridgehead atoms. The summed E-state index contributed by atoms with van der Waals surface area (Å²) in [5.41, 5.74) is 1.97. The molecule has 0 aliphatic heterocycles. The standard InChI is InChI=1S/C21H25ClN2O4S/c1-5-26-17-10-14(11-18(27-6-2)19(17)28-7-3)20(25)24-21(29)23-15-9-8-13(4)16(22)12-15/h8-12H,5-7H2,1-4H3,(H2,23,24,25,29). The highest BCUT2D eigenvalue weighted by molar-refractivity contribution is 7.80. The van der Waals surface area contributed by atoms with E-state index in [1.54, 1.807) is 18.2 Å². The van der Waals surface area contributed by atoms with E-state index in [2.05, 4.69) is 10.6 Å². The molecule has 6 nitrogen and oxygen atoms in total. The molecule has 2 aromatic carbocycles. The molecule has 0 atom stereocenters. The second-order valence-electron chi connectivity index (χ2n) is 5.97. The lowest BCUT2D eigenvalue weighted by Crippen LogP contribution is -2.34. The average molecular weight is 437 g/mol. The maximum absolute atomic E-state index is 12.7. The fourth-order valence-electron chi connectivity index (χ4n) is 2.53. The van der Waals surface area contributed by atoms with E-state index in [1.807, 2.05) is 39.8 Å². The summed E-state index contributed by atoms with van der Waals surface area (Å²) < 4.78 is 16.9. The minimum absolute atomic E-state index is 0.153. The summed E-state index contributed by atoms with van der Waals surface area (Å²) >= 11 is 11.4. The molecule has 0 radical (unpaired) electrons. The van der Waals surface area contributed by atoms with Crippen LogP contribution in [0.5, 0.6) is 17.2 Å². The van der Waals surface area contributed by atoms with Gasteiger partial charge >= 0.3 is 0 Å². The zero-order valence-corrected chi connectivity index (χ0v) is 18.5. The largest absolute Gasteiger partial charge is 0.490 e. The molecule has 0 fully saturated rings. The van der Waals surface area contributed by atoms with Gasteiger partial charge in [0.1, 0.15) is 0 Å². The van der Waals surface area contributed by atoms with Gasteiger partial charge in [0.15, 0.2) is 16.6 Å². The van der Waals surface area contributed by atoms with Gasteiger partial charge in [0, 0.05) is 16.3 Å². The van der Waals surface area contributed by atoms with Crippen LogP contribution in [0.15, 0.2) is 30.3 Å². The van der Waals surface area contributed by atoms with Gasteiger partial charge in [-0.2, -0.15) is 0 Å². The lowest BCUT2D eigenvalue weighted by Gasteiger charge is -2.17. The Balaban J connectivity index is 2.21. The molecule has 0 aliphatic rings. The van der Waals surface area contributed by atoms with Gasteiger partial charge in [-0.1, -0.05) is 17.7 Å². The van der Waals surface area contributed by atoms with E-state index in [0.29, 0.717) is 53.3 Å². The van der Waals surface area contributed by atoms with E-state index < -0.39 is 5.91 Å². The minimum atomic E-state index is -0.398. The molecule has 8 heteroatoms. The predicted octanol–water partition coefficient (Wildman–Crippen LogP) is 4.97. The number of carbonyl (C=O) groups excluding carboxylic acids is 1. The number of hydrogen-bond acceptors (Lipinski definition) is 5. The fraction of sp³-hybridized carbons (Fsp3) is 0.333. The fourth-order valence-corrected chi connectivity index (χ4v) is 2.92. The number of rotatable bonds is 8. The maximum Gasteiger partial charge on any atom is 0.257 e. The maximum atomic E-state index is 12.7. The van der Waals surface area contributed by atoms with Crippen molar-refractivity contribution in [2.24, 2.45) is 0 Å². The molecule has 2 rings (SSSR count). The van der Waals surface area contributed by atoms with Crippen LogP contribution in [0.4, 0.5) is 5.69 Å². The van der Waals surface area contributed by atoms with Crippen LogP contribution < -0.4 is 24.8 Å². The number of carbonyl (C=O) groups is 1. The van der Waals surface area contributed by atoms with Crippen LogP contribution in [0, 0.1) is 6.92 Å². The summed E-state index contributed by atoms with van der Waals surface area (Å²) in [6, 6.07) is 8.66. The Hall–Kier alpha value is -2.51. The first-order valence-electron chi connectivity index (χ1n) is 9.34. The molecule has 0 aliphatic carbocycles. The van der Waals surface area contributed by atoms with Crippen molar-refractivity contribution in [3.8, 4) is 17.2 Å². The molecule has 1 amide bonds. The average Bonchev–Trinajstić information content (AvgIpc) is 2.67. The van der Waals surface area contributed by atoms with E-state index in [9.17, 15) is 4.79 Å². The summed E-state index contributed by atoms with van der Waals surface area (Å²) in [5.74, 6) is 0.956. The summed E-state index contributed by atoms with van der Waals surface area (Å²) in [4.78, 5) is 12.7. The van der Waals surface area contributed by atoms with Crippen molar-refractivity contribution in [2.75, 3.05) is 25.1 Å². The van der Waals surface area contributed by atoms with E-state index >= 15 is 0 Å². The van der Waals surface area contributed by atoms with E-state index in [0.717, 1.165) is 5.56 Å². The Bertz CT molecular complexity index is 862. The number of anilines is 1. The zero-order valence-electron chi connectivity index (χ0n) is 16.9. The number of hydrogen-bond donors (Lipinski definition) is 2. The van der Waals surface area contributed by atoms with Gasteiger partial charge in [0.2, 0.25) is 5.75 Å². The first-order valence-corrected chi connectivity index (χ1v) is 10.1. The first kappa shape index (κ1) is 22.8. The lowest BCUT2D eigenvalue weighted by atomic mass is 10.1. The van der Waals surface area contributed by atoms with E-state index in [4.69, 9.17) is 38.0 Å². The van der Waals surface area contributed by atoms with Crippen LogP contribution >= 0.6 is 23.8 Å². The highest BCUT2D eigenvalue weighted by Gasteiger charge is 2.19. The van der Waals surface area contributed by atoms with Crippen molar-refractivity contribution in [3.63, 3.8) is 0 Å². The molecular weight excluding hydrogens is 412 g/mol. The van der Waals surface area contributed by atoms with Gasteiger partial charge < -0.3 is 19.5 Å². The second kappa shape index (κ2) is 10.9. The normalized spacial score (nSPS) is 10.2. The highest BCUT2D eigenvalue weighted by atomic mass is 35.5. The van der Waals surface area contributed by atoms with Gasteiger partial charge in [-0.25, -0.2) is 0 Å². The summed E-state index contributed by atoms with van der Waals surface area (Å²) in [6.45, 7) is 8.77. The Morgan fingerprint density at radius 3 is 2.10 bits per heavy atom. The predicted molar refractivity (Wildman–Crippen MR) is 120 cm³/mol. The monoisotopic (exact) mass is 436 g/mol. The number of aryl methyl sites for hydroxylation is 1. The molecule has 0 heterocycles. The molecule has 0 saturated carbocycles. The summed E-state index contributed by atoms with van der Waals surface area (Å²) in [6.07, 6.45) is 0. The van der Waals surface area contributed by atoms with Crippen LogP contribution in [-0.2, 0) is 0 Å². The molecule has 0 unspecified atom stereocenters. The molecule has 0 aromatic heterocycles. The van der Waals surface area contributed by atoms with Crippen molar-refractivity contribution in [1.29, 1.82) is 0 Å². The zero-order chi connectivity index (χ0) is 21.4. The third-order valence-corrected chi connectivity index (χ3v) is 4.44. The Morgan fingerprint density at radius 1 is 1.00 bits per heavy atom. The Morgan fingerprint density at radius 2 is 1.59 bits per heavy atom. The van der Waals surface area contributed by atoms with Crippen molar-refractivity contribution in [3.05, 3.63) is 46.5 Å². The summed E-state index contributed by atoms with van der Waals surface area (Å²) in [7, 11) is 0. The number of amides is 1. The third kappa shape index (κ3) is 6.24. The summed E-state index contributed by atoms with van der Waals surface area (Å²) in [5, 5.41) is 6.37. The Kier molecular flexibility index (Phi) is 8.54. The number of ether oxygens (including phenoxy) is 3. The van der Waals surface area contributed by atoms with Crippen molar-refractivity contribution < 1.29 is 19.0 Å². The quantitative estimate of drug-likeness (QED) is 0.569. The minimum Gasteiger partial charge on any atom is -0.490 e. The van der Waals surface area contributed by atoms with Crippen molar-refractivity contribution in [1.82, 2.24) is 5.32 Å². The SMILES string of the molecule is CCOc1cc(C(=O)NC(=S)Nc2ccc(C)c(Cl)c2)cc(OCC)c1OCC.